The summed E-state index contributed by atoms with van der Waals surface area (Å²) >= 11 is 0. The van der Waals surface area contributed by atoms with Crippen LogP contribution in [0.4, 0.5) is 0 Å². The van der Waals surface area contributed by atoms with Crippen molar-refractivity contribution in [2.24, 2.45) is 0 Å². The largest absolute Gasteiger partial charge is 0.368 e. The van der Waals surface area contributed by atoms with Crippen molar-refractivity contribution < 1.29 is 18.9 Å². The van der Waals surface area contributed by atoms with E-state index >= 15 is 0 Å². The lowest BCUT2D eigenvalue weighted by atomic mass is 9.96. The van der Waals surface area contributed by atoms with Gasteiger partial charge in [-0.3, -0.25) is 4.90 Å². The Bertz CT molecular complexity index is 916. The van der Waals surface area contributed by atoms with E-state index in [0.29, 0.717) is 6.61 Å². The summed E-state index contributed by atoms with van der Waals surface area (Å²) in [7, 11) is 0. The highest BCUT2D eigenvalue weighted by atomic mass is 16.8. The molecule has 0 spiro atoms. The third-order valence-corrected chi connectivity index (χ3v) is 6.42. The van der Waals surface area contributed by atoms with Crippen LogP contribution in [-0.2, 0) is 32.1 Å². The molecule has 34 heavy (non-hydrogen) atoms. The molecule has 0 bridgehead atoms. The molecule has 0 N–H and O–H groups in total. The topological polar surface area (TPSA) is 40.2 Å². The van der Waals surface area contributed by atoms with Gasteiger partial charge < -0.3 is 18.9 Å². The molecule has 0 unspecified atom stereocenters. The van der Waals surface area contributed by atoms with Crippen molar-refractivity contribution in [2.75, 3.05) is 6.54 Å². The van der Waals surface area contributed by atoms with E-state index in [1.165, 1.54) is 5.56 Å². The minimum Gasteiger partial charge on any atom is -0.368 e. The maximum absolute atomic E-state index is 6.56. The van der Waals surface area contributed by atoms with Crippen molar-refractivity contribution in [3.63, 3.8) is 0 Å². The normalized spacial score (nSPS) is 26.3. The van der Waals surface area contributed by atoms with Gasteiger partial charge in [0.05, 0.1) is 6.61 Å². The van der Waals surface area contributed by atoms with Gasteiger partial charge >= 0.3 is 0 Å². The van der Waals surface area contributed by atoms with E-state index in [9.17, 15) is 0 Å². The molecule has 5 heteroatoms. The fourth-order valence-electron chi connectivity index (χ4n) is 4.91. The van der Waals surface area contributed by atoms with E-state index in [2.05, 4.69) is 54.5 Å². The van der Waals surface area contributed by atoms with E-state index in [-0.39, 0.29) is 24.4 Å². The molecule has 4 rings (SSSR count). The van der Waals surface area contributed by atoms with Crippen LogP contribution in [0.5, 0.6) is 0 Å². The van der Waals surface area contributed by atoms with Crippen LogP contribution >= 0.6 is 0 Å². The predicted octanol–water partition coefficient (Wildman–Crippen LogP) is 5.47. The van der Waals surface area contributed by atoms with Gasteiger partial charge in [0.25, 0.3) is 0 Å². The van der Waals surface area contributed by atoms with Gasteiger partial charge in [-0.05, 0) is 37.8 Å². The van der Waals surface area contributed by atoms with E-state index in [4.69, 9.17) is 18.9 Å². The molecule has 2 aliphatic rings. The summed E-state index contributed by atoms with van der Waals surface area (Å²) < 4.78 is 25.5. The minimum absolute atomic E-state index is 0.0814. The summed E-state index contributed by atoms with van der Waals surface area (Å²) in [6, 6.07) is 20.8. The molecule has 2 fully saturated rings. The molecule has 5 nitrogen and oxygen atoms in total. The second kappa shape index (κ2) is 11.4. The average Bonchev–Trinajstić information content (AvgIpc) is 3.31. The Kier molecular flexibility index (Phi) is 8.35. The zero-order valence-corrected chi connectivity index (χ0v) is 20.3. The minimum atomic E-state index is -0.698. The standard InChI is InChI=1S/C29H37NO4/c1-5-7-18-24(30(19-6-2)20-22-14-10-8-11-15-22)25-26(31-21-23-16-12-9-13-17-23)27-28(32-25)34-29(3,4)33-27/h5-6,8-17,24-28H,1-2,7,18-21H2,3-4H3/t24-,25+,26-,27+,28+/m0/s1. The maximum Gasteiger partial charge on any atom is 0.190 e. The van der Waals surface area contributed by atoms with Gasteiger partial charge in [-0.1, -0.05) is 72.8 Å². The van der Waals surface area contributed by atoms with Crippen molar-refractivity contribution >= 4 is 0 Å². The SMILES string of the molecule is C=CCC[C@@H]([C@H]1O[C@@H]2OC(C)(C)O[C@@H]2[C@H]1OCc1ccccc1)N(CC=C)Cc1ccccc1. The van der Waals surface area contributed by atoms with E-state index < -0.39 is 12.1 Å². The summed E-state index contributed by atoms with van der Waals surface area (Å²) in [4.78, 5) is 2.42. The van der Waals surface area contributed by atoms with Crippen molar-refractivity contribution in [3.8, 4) is 0 Å². The summed E-state index contributed by atoms with van der Waals surface area (Å²) in [5, 5.41) is 0. The van der Waals surface area contributed by atoms with E-state index in [0.717, 1.165) is 31.5 Å². The number of hydrogen-bond acceptors (Lipinski definition) is 5. The molecule has 0 saturated carbocycles. The third-order valence-electron chi connectivity index (χ3n) is 6.42. The second-order valence-electron chi connectivity index (χ2n) is 9.47. The van der Waals surface area contributed by atoms with Crippen LogP contribution in [0, 0.1) is 0 Å². The highest BCUT2D eigenvalue weighted by molar-refractivity contribution is 5.16. The van der Waals surface area contributed by atoms with Gasteiger partial charge in [-0.15, -0.1) is 13.2 Å². The zero-order chi connectivity index (χ0) is 24.0. The predicted molar refractivity (Wildman–Crippen MR) is 134 cm³/mol. The fourth-order valence-corrected chi connectivity index (χ4v) is 4.91. The number of hydrogen-bond donors (Lipinski definition) is 0. The van der Waals surface area contributed by atoms with Crippen molar-refractivity contribution in [2.45, 2.75) is 76.3 Å². The van der Waals surface area contributed by atoms with Crippen molar-refractivity contribution in [3.05, 3.63) is 97.1 Å². The highest BCUT2D eigenvalue weighted by Crippen LogP contribution is 2.41. The van der Waals surface area contributed by atoms with Gasteiger partial charge in [0.1, 0.15) is 18.3 Å². The Balaban J connectivity index is 1.60. The zero-order valence-electron chi connectivity index (χ0n) is 20.3. The summed E-state index contributed by atoms with van der Waals surface area (Å²) in [6.07, 6.45) is 4.49. The van der Waals surface area contributed by atoms with Crippen molar-refractivity contribution in [1.82, 2.24) is 4.90 Å². The monoisotopic (exact) mass is 463 g/mol. The molecule has 2 aliphatic heterocycles. The Morgan fingerprint density at radius 3 is 2.29 bits per heavy atom. The molecule has 0 aliphatic carbocycles. The molecule has 2 aromatic rings. The first-order valence-electron chi connectivity index (χ1n) is 12.2. The lowest BCUT2D eigenvalue weighted by Crippen LogP contribution is -2.50. The summed E-state index contributed by atoms with van der Waals surface area (Å²) in [6.45, 7) is 13.9. The Morgan fingerprint density at radius 1 is 0.971 bits per heavy atom. The van der Waals surface area contributed by atoms with Crippen LogP contribution in [0.3, 0.4) is 0 Å². The van der Waals surface area contributed by atoms with Gasteiger partial charge in [-0.25, -0.2) is 0 Å². The molecule has 2 aromatic carbocycles. The molecular formula is C29H37NO4. The quantitative estimate of drug-likeness (QED) is 0.390. The van der Waals surface area contributed by atoms with Crippen LogP contribution in [0.15, 0.2) is 86.0 Å². The maximum atomic E-state index is 6.56. The Labute approximate surface area is 204 Å². The van der Waals surface area contributed by atoms with Crippen molar-refractivity contribution in [1.29, 1.82) is 0 Å². The first-order valence-corrected chi connectivity index (χ1v) is 12.2. The van der Waals surface area contributed by atoms with Crippen LogP contribution < -0.4 is 0 Å². The molecular weight excluding hydrogens is 426 g/mol. The van der Waals surface area contributed by atoms with Gasteiger partial charge in [0.15, 0.2) is 12.1 Å². The Hall–Kier alpha value is -2.28. The molecule has 182 valence electrons. The number of fused-ring (bicyclic) bond motifs is 1. The Morgan fingerprint density at radius 2 is 1.65 bits per heavy atom. The number of ether oxygens (including phenoxy) is 4. The van der Waals surface area contributed by atoms with Crippen LogP contribution in [-0.4, -0.2) is 47.9 Å². The number of nitrogens with zero attached hydrogens (tertiary/aromatic N) is 1. The summed E-state index contributed by atoms with van der Waals surface area (Å²) in [5.41, 5.74) is 2.37. The summed E-state index contributed by atoms with van der Waals surface area (Å²) in [5.74, 6) is -0.698. The third kappa shape index (κ3) is 6.04. The van der Waals surface area contributed by atoms with Gasteiger partial charge in [-0.2, -0.15) is 0 Å². The van der Waals surface area contributed by atoms with Gasteiger partial charge in [0, 0.05) is 19.1 Å². The first kappa shape index (κ1) is 24.8. The molecule has 0 aromatic heterocycles. The molecule has 2 heterocycles. The van der Waals surface area contributed by atoms with Gasteiger partial charge in [0.2, 0.25) is 0 Å². The smallest absolute Gasteiger partial charge is 0.190 e. The van der Waals surface area contributed by atoms with E-state index in [1.54, 1.807) is 0 Å². The molecule has 2 saturated heterocycles. The lowest BCUT2D eigenvalue weighted by Gasteiger charge is -2.38. The van der Waals surface area contributed by atoms with Crippen LogP contribution in [0.2, 0.25) is 0 Å². The average molecular weight is 464 g/mol. The highest BCUT2D eigenvalue weighted by Gasteiger charge is 2.57. The van der Waals surface area contributed by atoms with Crippen LogP contribution in [0.1, 0.15) is 37.8 Å². The molecule has 5 atom stereocenters. The lowest BCUT2D eigenvalue weighted by molar-refractivity contribution is -0.226. The fraction of sp³-hybridized carbons (Fsp3) is 0.448. The second-order valence-corrected chi connectivity index (χ2v) is 9.47. The number of rotatable bonds is 12. The molecule has 0 amide bonds. The van der Waals surface area contributed by atoms with E-state index in [1.807, 2.05) is 50.3 Å². The molecule has 0 radical (unpaired) electrons. The first-order chi connectivity index (χ1) is 16.5. The number of benzene rings is 2. The number of allylic oxidation sites excluding steroid dienone is 1. The van der Waals surface area contributed by atoms with Crippen LogP contribution in [0.25, 0.3) is 0 Å².